The third-order valence-corrected chi connectivity index (χ3v) is 3.57. The van der Waals surface area contributed by atoms with E-state index in [9.17, 15) is 4.79 Å². The second kappa shape index (κ2) is 3.61. The van der Waals surface area contributed by atoms with Crippen LogP contribution in [0.2, 0.25) is 0 Å². The first-order valence-electron chi connectivity index (χ1n) is 5.35. The van der Waals surface area contributed by atoms with E-state index in [0.29, 0.717) is 11.8 Å². The van der Waals surface area contributed by atoms with Gasteiger partial charge in [0.05, 0.1) is 6.07 Å². The van der Waals surface area contributed by atoms with E-state index in [2.05, 4.69) is 6.92 Å². The van der Waals surface area contributed by atoms with E-state index in [1.165, 1.54) is 12.8 Å². The largest absolute Gasteiger partial charge is 0.341 e. The number of amides is 1. The molecular weight excluding hydrogens is 176 g/mol. The van der Waals surface area contributed by atoms with E-state index in [-0.39, 0.29) is 12.3 Å². The van der Waals surface area contributed by atoms with Crippen molar-refractivity contribution in [1.82, 2.24) is 4.90 Å². The molecule has 14 heavy (non-hydrogen) atoms. The van der Waals surface area contributed by atoms with Crippen molar-refractivity contribution in [2.75, 3.05) is 13.1 Å². The monoisotopic (exact) mass is 192 g/mol. The van der Waals surface area contributed by atoms with Crippen LogP contribution in [-0.4, -0.2) is 23.9 Å². The van der Waals surface area contributed by atoms with Gasteiger partial charge >= 0.3 is 0 Å². The minimum Gasteiger partial charge on any atom is -0.341 e. The summed E-state index contributed by atoms with van der Waals surface area (Å²) in [5.74, 6) is 2.29. The number of rotatable bonds is 1. The lowest BCUT2D eigenvalue weighted by molar-refractivity contribution is -0.129. The normalized spacial score (nSPS) is 35.4. The van der Waals surface area contributed by atoms with Crippen molar-refractivity contribution in [2.45, 2.75) is 26.2 Å². The number of likely N-dealkylation sites (tertiary alicyclic amines) is 1. The highest BCUT2D eigenvalue weighted by atomic mass is 16.2. The highest BCUT2D eigenvalue weighted by Gasteiger charge is 2.40. The second-order valence-electron chi connectivity index (χ2n) is 4.73. The molecule has 0 spiro atoms. The first kappa shape index (κ1) is 9.51. The van der Waals surface area contributed by atoms with Crippen LogP contribution in [0.1, 0.15) is 26.2 Å². The van der Waals surface area contributed by atoms with Gasteiger partial charge in [-0.05, 0) is 30.6 Å². The molecule has 0 N–H and O–H groups in total. The SMILES string of the molecule is CC1CC2CN(C(=O)CC#N)CC2C1. The molecule has 0 aromatic rings. The fourth-order valence-corrected chi connectivity index (χ4v) is 2.99. The van der Waals surface area contributed by atoms with Crippen LogP contribution in [0.5, 0.6) is 0 Å². The highest BCUT2D eigenvalue weighted by molar-refractivity contribution is 5.78. The molecule has 1 saturated heterocycles. The van der Waals surface area contributed by atoms with Gasteiger partial charge < -0.3 is 4.90 Å². The Bertz CT molecular complexity index is 268. The summed E-state index contributed by atoms with van der Waals surface area (Å²) in [5.41, 5.74) is 0. The van der Waals surface area contributed by atoms with Gasteiger partial charge in [-0.1, -0.05) is 6.92 Å². The highest BCUT2D eigenvalue weighted by Crippen LogP contribution is 2.41. The van der Waals surface area contributed by atoms with Gasteiger partial charge in [0, 0.05) is 13.1 Å². The maximum absolute atomic E-state index is 11.5. The van der Waals surface area contributed by atoms with Crippen LogP contribution < -0.4 is 0 Å². The molecule has 0 aromatic heterocycles. The van der Waals surface area contributed by atoms with E-state index < -0.39 is 0 Å². The fourth-order valence-electron chi connectivity index (χ4n) is 2.99. The Morgan fingerprint density at radius 1 is 1.43 bits per heavy atom. The molecule has 1 heterocycles. The summed E-state index contributed by atoms with van der Waals surface area (Å²) in [5, 5.41) is 8.44. The third-order valence-electron chi connectivity index (χ3n) is 3.57. The van der Waals surface area contributed by atoms with Crippen molar-refractivity contribution in [3.63, 3.8) is 0 Å². The molecular formula is C11H16N2O. The maximum Gasteiger partial charge on any atom is 0.236 e. The first-order chi connectivity index (χ1) is 6.70. The zero-order valence-electron chi connectivity index (χ0n) is 8.57. The standard InChI is InChI=1S/C11H16N2O/c1-8-4-9-6-13(7-10(9)5-8)11(14)2-3-12/h8-10H,2,4-7H2,1H3. The first-order valence-corrected chi connectivity index (χ1v) is 5.35. The molecule has 2 unspecified atom stereocenters. The second-order valence-corrected chi connectivity index (χ2v) is 4.73. The quantitative estimate of drug-likeness (QED) is 0.630. The average Bonchev–Trinajstić information content (AvgIpc) is 2.61. The van der Waals surface area contributed by atoms with Crippen LogP contribution in [0.25, 0.3) is 0 Å². The lowest BCUT2D eigenvalue weighted by Gasteiger charge is -2.16. The van der Waals surface area contributed by atoms with Crippen molar-refractivity contribution < 1.29 is 4.79 Å². The third kappa shape index (κ3) is 1.61. The Morgan fingerprint density at radius 2 is 2.00 bits per heavy atom. The number of carbonyl (C=O) groups is 1. The van der Waals surface area contributed by atoms with Crippen LogP contribution in [0.15, 0.2) is 0 Å². The van der Waals surface area contributed by atoms with E-state index >= 15 is 0 Å². The van der Waals surface area contributed by atoms with Gasteiger partial charge in [0.2, 0.25) is 5.91 Å². The average molecular weight is 192 g/mol. The summed E-state index contributed by atoms with van der Waals surface area (Å²) in [6.07, 6.45) is 2.58. The minimum atomic E-state index is 0.0227. The van der Waals surface area contributed by atoms with Crippen molar-refractivity contribution in [3.05, 3.63) is 0 Å². The molecule has 0 bridgehead atoms. The van der Waals surface area contributed by atoms with E-state index in [1.54, 1.807) is 0 Å². The number of hydrogen-bond acceptors (Lipinski definition) is 2. The predicted molar refractivity (Wildman–Crippen MR) is 52.2 cm³/mol. The van der Waals surface area contributed by atoms with Crippen molar-refractivity contribution in [3.8, 4) is 6.07 Å². The molecule has 3 heteroatoms. The van der Waals surface area contributed by atoms with Gasteiger partial charge in [-0.3, -0.25) is 4.79 Å². The molecule has 76 valence electrons. The maximum atomic E-state index is 11.5. The molecule has 2 fully saturated rings. The number of hydrogen-bond donors (Lipinski definition) is 0. The predicted octanol–water partition coefficient (Wildman–Crippen LogP) is 1.40. The molecule has 2 atom stereocenters. The molecule has 3 nitrogen and oxygen atoms in total. The molecule has 0 aromatic carbocycles. The van der Waals surface area contributed by atoms with Crippen molar-refractivity contribution in [2.24, 2.45) is 17.8 Å². The molecule has 1 aliphatic heterocycles. The zero-order valence-corrected chi connectivity index (χ0v) is 8.57. The Hall–Kier alpha value is -1.04. The smallest absolute Gasteiger partial charge is 0.236 e. The Labute approximate surface area is 84.7 Å². The van der Waals surface area contributed by atoms with E-state index in [0.717, 1.165) is 19.0 Å². The van der Waals surface area contributed by atoms with Crippen LogP contribution in [0, 0.1) is 29.1 Å². The van der Waals surface area contributed by atoms with Crippen LogP contribution >= 0.6 is 0 Å². The molecule has 2 rings (SSSR count). The van der Waals surface area contributed by atoms with E-state index in [1.807, 2.05) is 11.0 Å². The molecule has 0 radical (unpaired) electrons. The number of nitriles is 1. The molecule has 1 aliphatic carbocycles. The van der Waals surface area contributed by atoms with Gasteiger partial charge in [0.15, 0.2) is 0 Å². The summed E-state index contributed by atoms with van der Waals surface area (Å²) in [7, 11) is 0. The Balaban J connectivity index is 1.91. The number of carbonyl (C=O) groups excluding carboxylic acids is 1. The van der Waals surface area contributed by atoms with Crippen molar-refractivity contribution >= 4 is 5.91 Å². The summed E-state index contributed by atoms with van der Waals surface area (Å²) in [6, 6.07) is 1.93. The van der Waals surface area contributed by atoms with E-state index in [4.69, 9.17) is 5.26 Å². The molecule has 1 amide bonds. The van der Waals surface area contributed by atoms with Crippen LogP contribution in [0.3, 0.4) is 0 Å². The minimum absolute atomic E-state index is 0.0227. The van der Waals surface area contributed by atoms with Gasteiger partial charge in [0.25, 0.3) is 0 Å². The lowest BCUT2D eigenvalue weighted by atomic mass is 10.0. The summed E-state index contributed by atoms with van der Waals surface area (Å²) in [6.45, 7) is 4.09. The van der Waals surface area contributed by atoms with Crippen LogP contribution in [-0.2, 0) is 4.79 Å². The summed E-state index contributed by atoms with van der Waals surface area (Å²) in [4.78, 5) is 13.3. The van der Waals surface area contributed by atoms with Gasteiger partial charge in [-0.2, -0.15) is 5.26 Å². The topological polar surface area (TPSA) is 44.1 Å². The van der Waals surface area contributed by atoms with Crippen LogP contribution in [0.4, 0.5) is 0 Å². The number of fused-ring (bicyclic) bond motifs is 1. The lowest BCUT2D eigenvalue weighted by Crippen LogP contribution is -2.29. The Morgan fingerprint density at radius 3 is 2.50 bits per heavy atom. The van der Waals surface area contributed by atoms with Gasteiger partial charge in [0.1, 0.15) is 6.42 Å². The van der Waals surface area contributed by atoms with Gasteiger partial charge in [-0.15, -0.1) is 0 Å². The summed E-state index contributed by atoms with van der Waals surface area (Å²) < 4.78 is 0. The Kier molecular flexibility index (Phi) is 2.45. The molecule has 1 saturated carbocycles. The zero-order chi connectivity index (χ0) is 10.1. The fraction of sp³-hybridized carbons (Fsp3) is 0.818. The summed E-state index contributed by atoms with van der Waals surface area (Å²) >= 11 is 0. The van der Waals surface area contributed by atoms with Crippen molar-refractivity contribution in [1.29, 1.82) is 5.26 Å². The van der Waals surface area contributed by atoms with Gasteiger partial charge in [-0.25, -0.2) is 0 Å². The number of nitrogens with zero attached hydrogens (tertiary/aromatic N) is 2. The molecule has 2 aliphatic rings.